The van der Waals surface area contributed by atoms with E-state index < -0.39 is 36.5 Å². The predicted molar refractivity (Wildman–Crippen MR) is 71.1 cm³/mol. The minimum Gasteiger partial charge on any atom is -0.387 e. The highest BCUT2D eigenvalue weighted by Gasteiger charge is 2.56. The van der Waals surface area contributed by atoms with Gasteiger partial charge in [0.15, 0.2) is 12.1 Å². The van der Waals surface area contributed by atoms with Gasteiger partial charge in [-0.2, -0.15) is 0 Å². The van der Waals surface area contributed by atoms with Gasteiger partial charge in [0.25, 0.3) is 0 Å². The van der Waals surface area contributed by atoms with Crippen LogP contribution in [0.25, 0.3) is 0 Å². The average Bonchev–Trinajstić information content (AvgIpc) is 2.84. The highest BCUT2D eigenvalue weighted by atomic mass is 35.5. The lowest BCUT2D eigenvalue weighted by molar-refractivity contribution is -0.226. The first-order valence-corrected chi connectivity index (χ1v) is 6.88. The number of rotatable bonds is 2. The molecule has 110 valence electrons. The predicted octanol–water partition coefficient (Wildman–Crippen LogP) is 1.61. The lowest BCUT2D eigenvalue weighted by atomic mass is 9.99. The average molecular weight is 301 g/mol. The quantitative estimate of drug-likeness (QED) is 0.868. The number of halogens is 1. The number of aliphatic hydroxyl groups excluding tert-OH is 2. The van der Waals surface area contributed by atoms with Gasteiger partial charge in [0, 0.05) is 5.02 Å². The van der Waals surface area contributed by atoms with Gasteiger partial charge in [0.05, 0.1) is 0 Å². The Morgan fingerprint density at radius 3 is 2.45 bits per heavy atom. The number of hydrogen-bond acceptors (Lipinski definition) is 5. The van der Waals surface area contributed by atoms with Crippen molar-refractivity contribution in [3.05, 3.63) is 34.9 Å². The molecular weight excluding hydrogens is 284 g/mol. The normalized spacial score (nSPS) is 36.9. The summed E-state index contributed by atoms with van der Waals surface area (Å²) in [6, 6.07) is 6.75. The summed E-state index contributed by atoms with van der Waals surface area (Å²) in [6.45, 7) is 3.51. The molecule has 0 unspecified atom stereocenters. The van der Waals surface area contributed by atoms with Gasteiger partial charge in [-0.05, 0) is 31.5 Å². The van der Waals surface area contributed by atoms with E-state index in [1.54, 1.807) is 38.1 Å². The van der Waals surface area contributed by atoms with Gasteiger partial charge in [-0.15, -0.1) is 0 Å². The van der Waals surface area contributed by atoms with Gasteiger partial charge in [-0.3, -0.25) is 0 Å². The van der Waals surface area contributed by atoms with E-state index in [0.29, 0.717) is 10.6 Å². The molecule has 1 aromatic carbocycles. The molecule has 0 amide bonds. The van der Waals surface area contributed by atoms with Gasteiger partial charge in [0.1, 0.15) is 24.4 Å². The number of benzene rings is 1. The van der Waals surface area contributed by atoms with E-state index in [-0.39, 0.29) is 0 Å². The zero-order chi connectivity index (χ0) is 14.5. The van der Waals surface area contributed by atoms with Crippen LogP contribution in [-0.2, 0) is 14.2 Å². The van der Waals surface area contributed by atoms with Gasteiger partial charge in [0.2, 0.25) is 0 Å². The molecule has 0 saturated carbocycles. The second-order valence-electron chi connectivity index (χ2n) is 5.56. The molecule has 2 saturated heterocycles. The highest BCUT2D eigenvalue weighted by Crippen LogP contribution is 2.40. The molecule has 6 heteroatoms. The second-order valence-corrected chi connectivity index (χ2v) is 5.99. The number of aliphatic hydroxyl groups is 2. The van der Waals surface area contributed by atoms with Crippen molar-refractivity contribution in [1.29, 1.82) is 0 Å². The van der Waals surface area contributed by atoms with Gasteiger partial charge in [-0.1, -0.05) is 23.7 Å². The Hall–Kier alpha value is -0.690. The molecular formula is C14H17ClO5. The van der Waals surface area contributed by atoms with E-state index in [0.717, 1.165) is 0 Å². The van der Waals surface area contributed by atoms with Crippen molar-refractivity contribution < 1.29 is 24.4 Å². The summed E-state index contributed by atoms with van der Waals surface area (Å²) in [6.07, 6.45) is -3.96. The number of hydrogen-bond donors (Lipinski definition) is 2. The molecule has 2 aliphatic heterocycles. The van der Waals surface area contributed by atoms with Crippen LogP contribution in [0.2, 0.25) is 5.02 Å². The molecule has 5 nitrogen and oxygen atoms in total. The molecule has 20 heavy (non-hydrogen) atoms. The fraction of sp³-hybridized carbons (Fsp3) is 0.571. The molecule has 2 heterocycles. The summed E-state index contributed by atoms with van der Waals surface area (Å²) < 4.78 is 16.7. The van der Waals surface area contributed by atoms with Gasteiger partial charge in [-0.25, -0.2) is 0 Å². The molecule has 2 aliphatic rings. The lowest BCUT2D eigenvalue weighted by Crippen LogP contribution is -2.37. The van der Waals surface area contributed by atoms with Crippen molar-refractivity contribution >= 4 is 11.6 Å². The van der Waals surface area contributed by atoms with E-state index in [1.807, 2.05) is 0 Å². The van der Waals surface area contributed by atoms with Crippen molar-refractivity contribution in [2.24, 2.45) is 0 Å². The fourth-order valence-electron chi connectivity index (χ4n) is 2.63. The minimum atomic E-state index is -0.969. The van der Waals surface area contributed by atoms with Crippen molar-refractivity contribution in [2.75, 3.05) is 0 Å². The smallest absolute Gasteiger partial charge is 0.190 e. The fourth-order valence-corrected chi connectivity index (χ4v) is 2.75. The molecule has 2 N–H and O–H groups in total. The van der Waals surface area contributed by atoms with Gasteiger partial charge >= 0.3 is 0 Å². The number of fused-ring (bicyclic) bond motifs is 1. The van der Waals surface area contributed by atoms with Crippen LogP contribution in [0, 0.1) is 0 Å². The zero-order valence-corrected chi connectivity index (χ0v) is 11.9. The molecule has 5 atom stereocenters. The zero-order valence-electron chi connectivity index (χ0n) is 11.2. The van der Waals surface area contributed by atoms with E-state index in [9.17, 15) is 10.2 Å². The lowest BCUT2D eigenvalue weighted by Gasteiger charge is -2.26. The van der Waals surface area contributed by atoms with Crippen LogP contribution in [0.15, 0.2) is 24.3 Å². The molecule has 0 aromatic heterocycles. The molecule has 0 aliphatic carbocycles. The third-order valence-corrected chi connectivity index (χ3v) is 3.83. The number of ether oxygens (including phenoxy) is 3. The highest BCUT2D eigenvalue weighted by molar-refractivity contribution is 6.30. The van der Waals surface area contributed by atoms with E-state index in [2.05, 4.69) is 0 Å². The van der Waals surface area contributed by atoms with Crippen LogP contribution >= 0.6 is 11.6 Å². The Bertz CT molecular complexity index is 489. The Kier molecular flexibility index (Phi) is 3.52. The Labute approximate surface area is 122 Å². The van der Waals surface area contributed by atoms with Crippen LogP contribution in [0.3, 0.4) is 0 Å². The Balaban J connectivity index is 1.75. The summed E-state index contributed by atoms with van der Waals surface area (Å²) in [5.41, 5.74) is 0.623. The third-order valence-electron chi connectivity index (χ3n) is 3.58. The maximum Gasteiger partial charge on any atom is 0.190 e. The van der Waals surface area contributed by atoms with Crippen molar-refractivity contribution in [3.8, 4) is 0 Å². The van der Waals surface area contributed by atoms with Crippen molar-refractivity contribution in [1.82, 2.24) is 0 Å². The minimum absolute atomic E-state index is 0.583. The van der Waals surface area contributed by atoms with E-state index in [1.165, 1.54) is 0 Å². The summed E-state index contributed by atoms with van der Waals surface area (Å²) in [5.74, 6) is -0.785. The second kappa shape index (κ2) is 4.94. The van der Waals surface area contributed by atoms with Crippen LogP contribution in [-0.4, -0.2) is 40.6 Å². The monoisotopic (exact) mass is 300 g/mol. The molecule has 1 aromatic rings. The van der Waals surface area contributed by atoms with Crippen LogP contribution in [0.4, 0.5) is 0 Å². The third kappa shape index (κ3) is 2.45. The summed E-state index contributed by atoms with van der Waals surface area (Å²) in [4.78, 5) is 0. The maximum atomic E-state index is 10.3. The molecule has 0 spiro atoms. The van der Waals surface area contributed by atoms with Crippen LogP contribution in [0.1, 0.15) is 25.5 Å². The van der Waals surface area contributed by atoms with E-state index >= 15 is 0 Å². The first kappa shape index (κ1) is 14.3. The first-order chi connectivity index (χ1) is 9.37. The first-order valence-electron chi connectivity index (χ1n) is 6.50. The SMILES string of the molecule is CC1(C)O[C@H]2O[C@H]([C@@H](O)c3ccc(Cl)cc3)[C@H](O)[C@H]2O1. The molecule has 0 bridgehead atoms. The topological polar surface area (TPSA) is 68.2 Å². The largest absolute Gasteiger partial charge is 0.387 e. The van der Waals surface area contributed by atoms with Crippen molar-refractivity contribution in [2.45, 2.75) is 50.3 Å². The Morgan fingerprint density at radius 2 is 1.85 bits per heavy atom. The van der Waals surface area contributed by atoms with Crippen LogP contribution < -0.4 is 0 Å². The van der Waals surface area contributed by atoms with E-state index in [4.69, 9.17) is 25.8 Å². The summed E-state index contributed by atoms with van der Waals surface area (Å²) >= 11 is 5.81. The summed E-state index contributed by atoms with van der Waals surface area (Å²) in [7, 11) is 0. The standard InChI is InChI=1S/C14H17ClO5/c1-14(2)19-12-10(17)11(18-13(12)20-14)9(16)7-3-5-8(15)6-4-7/h3-6,9-13,16-17H,1-2H3/t9-,10-,11+,12+,13+/m0/s1. The molecule has 0 radical (unpaired) electrons. The summed E-state index contributed by atoms with van der Waals surface area (Å²) in [5, 5.41) is 21.2. The molecule has 3 rings (SSSR count). The molecule has 2 fully saturated rings. The van der Waals surface area contributed by atoms with Crippen molar-refractivity contribution in [3.63, 3.8) is 0 Å². The maximum absolute atomic E-state index is 10.3. The van der Waals surface area contributed by atoms with Crippen LogP contribution in [0.5, 0.6) is 0 Å². The van der Waals surface area contributed by atoms with Gasteiger partial charge < -0.3 is 24.4 Å². The Morgan fingerprint density at radius 1 is 1.20 bits per heavy atom.